The monoisotopic (exact) mass is 397 g/mol. The van der Waals surface area contributed by atoms with Gasteiger partial charge in [0.25, 0.3) is 0 Å². The molecule has 0 aromatic heterocycles. The zero-order valence-corrected chi connectivity index (χ0v) is 18.2. The number of hydrogen-bond donors (Lipinski definition) is 3. The number of anilines is 2. The van der Waals surface area contributed by atoms with Crippen molar-refractivity contribution in [2.45, 2.75) is 57.9 Å². The quantitative estimate of drug-likeness (QED) is 0.521. The van der Waals surface area contributed by atoms with Gasteiger partial charge in [0.15, 0.2) is 0 Å². The van der Waals surface area contributed by atoms with Gasteiger partial charge in [0.2, 0.25) is 0 Å². The number of nitrogens with one attached hydrogen (secondary N) is 3. The molecule has 28 heavy (non-hydrogen) atoms. The van der Waals surface area contributed by atoms with Gasteiger partial charge in [-0.3, -0.25) is 0 Å². The molecule has 4 nitrogen and oxygen atoms in total. The van der Waals surface area contributed by atoms with E-state index in [9.17, 15) is 4.79 Å². The molecule has 150 valence electrons. The topological polar surface area (TPSA) is 53.2 Å². The second-order valence-electron chi connectivity index (χ2n) is 8.61. The summed E-state index contributed by atoms with van der Waals surface area (Å²) in [6, 6.07) is 14.5. The zero-order chi connectivity index (χ0) is 20.3. The first kappa shape index (κ1) is 20.6. The molecule has 2 atom stereocenters. The Balaban J connectivity index is 1.77. The highest BCUT2D eigenvalue weighted by atomic mass is 32.2. The molecule has 0 bridgehead atoms. The van der Waals surface area contributed by atoms with Gasteiger partial charge in [-0.1, -0.05) is 63.9 Å². The number of fused-ring (bicyclic) bond motifs is 1. The number of hydrogen-bond acceptors (Lipinski definition) is 3. The molecule has 2 aromatic carbocycles. The summed E-state index contributed by atoms with van der Waals surface area (Å²) < 4.78 is 3.28. The van der Waals surface area contributed by atoms with E-state index in [2.05, 4.69) is 79.4 Å². The standard InChI is InChI=1S/C23H31N3OS/c1-15-10-11-21(20-9-7-6-8-19(15)20)25-22(27)24-17-12-16(23(2,3)4)13-18(14-17)26-28-5/h6-9,12-15,21,26H,10-11H2,1-5H3,(H2,24,25,27)/t15-,21?/m1/s1. The molecule has 0 fully saturated rings. The van der Waals surface area contributed by atoms with Gasteiger partial charge in [-0.2, -0.15) is 0 Å². The number of carbonyl (C=O) groups is 1. The fourth-order valence-electron chi connectivity index (χ4n) is 3.79. The number of benzene rings is 2. The molecule has 5 heteroatoms. The Kier molecular flexibility index (Phi) is 6.23. The molecule has 3 N–H and O–H groups in total. The van der Waals surface area contributed by atoms with Gasteiger partial charge < -0.3 is 15.4 Å². The Morgan fingerprint density at radius 2 is 1.71 bits per heavy atom. The number of amides is 2. The first-order valence-electron chi connectivity index (χ1n) is 9.89. The van der Waals surface area contributed by atoms with Crippen molar-refractivity contribution in [2.75, 3.05) is 16.3 Å². The smallest absolute Gasteiger partial charge is 0.319 e. The molecule has 0 spiro atoms. The second kappa shape index (κ2) is 8.48. The molecule has 1 aliphatic carbocycles. The van der Waals surface area contributed by atoms with E-state index in [0.29, 0.717) is 5.92 Å². The maximum absolute atomic E-state index is 12.8. The first-order chi connectivity index (χ1) is 13.3. The molecule has 1 aliphatic rings. The summed E-state index contributed by atoms with van der Waals surface area (Å²) in [5.41, 5.74) is 5.57. The molecule has 3 rings (SSSR count). The predicted octanol–water partition coefficient (Wildman–Crippen LogP) is 6.43. The molecule has 1 unspecified atom stereocenters. The summed E-state index contributed by atoms with van der Waals surface area (Å²) in [6.45, 7) is 8.78. The predicted molar refractivity (Wildman–Crippen MR) is 121 cm³/mol. The Morgan fingerprint density at radius 3 is 2.39 bits per heavy atom. The molecule has 0 saturated heterocycles. The Morgan fingerprint density at radius 1 is 1.04 bits per heavy atom. The maximum atomic E-state index is 12.8. The van der Waals surface area contributed by atoms with Crippen molar-refractivity contribution in [1.82, 2.24) is 5.32 Å². The minimum absolute atomic E-state index is 0.00144. The third-order valence-corrected chi connectivity index (χ3v) is 5.81. The van der Waals surface area contributed by atoms with Crippen molar-refractivity contribution < 1.29 is 4.79 Å². The van der Waals surface area contributed by atoms with Gasteiger partial charge in [-0.05, 0) is 59.1 Å². The van der Waals surface area contributed by atoms with Crippen LogP contribution in [0.5, 0.6) is 0 Å². The van der Waals surface area contributed by atoms with Gasteiger partial charge in [0, 0.05) is 17.6 Å². The number of urea groups is 1. The van der Waals surface area contributed by atoms with Crippen molar-refractivity contribution >= 4 is 29.4 Å². The van der Waals surface area contributed by atoms with E-state index in [4.69, 9.17) is 0 Å². The van der Waals surface area contributed by atoms with Crippen molar-refractivity contribution in [3.8, 4) is 0 Å². The molecule has 0 heterocycles. The van der Waals surface area contributed by atoms with Crippen LogP contribution in [0.3, 0.4) is 0 Å². The highest BCUT2D eigenvalue weighted by molar-refractivity contribution is 7.99. The number of rotatable bonds is 4. The second-order valence-corrected chi connectivity index (χ2v) is 9.23. The van der Waals surface area contributed by atoms with Crippen LogP contribution < -0.4 is 15.4 Å². The van der Waals surface area contributed by atoms with Crippen molar-refractivity contribution in [1.29, 1.82) is 0 Å². The average Bonchev–Trinajstić information content (AvgIpc) is 2.64. The summed E-state index contributed by atoms with van der Waals surface area (Å²) in [5, 5.41) is 6.22. The lowest BCUT2D eigenvalue weighted by Crippen LogP contribution is -2.34. The van der Waals surface area contributed by atoms with Gasteiger partial charge in [0.05, 0.1) is 6.04 Å². The van der Waals surface area contributed by atoms with Crippen LogP contribution in [0.15, 0.2) is 42.5 Å². The van der Waals surface area contributed by atoms with Crippen LogP contribution in [0.4, 0.5) is 16.2 Å². The van der Waals surface area contributed by atoms with Crippen LogP contribution in [-0.2, 0) is 5.41 Å². The summed E-state index contributed by atoms with van der Waals surface area (Å²) in [6.07, 6.45) is 4.04. The van der Waals surface area contributed by atoms with E-state index >= 15 is 0 Å². The SMILES string of the molecule is CSNc1cc(NC(=O)NC2CC[C@@H](C)c3ccccc32)cc(C(C)(C)C)c1. The van der Waals surface area contributed by atoms with Gasteiger partial charge in [-0.25, -0.2) is 4.79 Å². The molecular weight excluding hydrogens is 366 g/mol. The highest BCUT2D eigenvalue weighted by Crippen LogP contribution is 2.37. The van der Waals surface area contributed by atoms with E-state index in [1.54, 1.807) is 11.9 Å². The summed E-state index contributed by atoms with van der Waals surface area (Å²) >= 11 is 1.54. The van der Waals surface area contributed by atoms with E-state index in [-0.39, 0.29) is 17.5 Å². The van der Waals surface area contributed by atoms with Crippen molar-refractivity contribution in [3.63, 3.8) is 0 Å². The third kappa shape index (κ3) is 4.82. The molecule has 2 amide bonds. The van der Waals surface area contributed by atoms with Crippen molar-refractivity contribution in [2.24, 2.45) is 0 Å². The van der Waals surface area contributed by atoms with E-state index in [0.717, 1.165) is 24.2 Å². The fraction of sp³-hybridized carbons (Fsp3) is 0.435. The lowest BCUT2D eigenvalue weighted by atomic mass is 9.81. The van der Waals surface area contributed by atoms with Crippen LogP contribution in [-0.4, -0.2) is 12.3 Å². The van der Waals surface area contributed by atoms with Gasteiger partial charge >= 0.3 is 6.03 Å². The van der Waals surface area contributed by atoms with Crippen LogP contribution in [0.2, 0.25) is 0 Å². The maximum Gasteiger partial charge on any atom is 0.319 e. The molecule has 0 aliphatic heterocycles. The van der Waals surface area contributed by atoms with Crippen LogP contribution in [0.1, 0.15) is 69.2 Å². The van der Waals surface area contributed by atoms with Gasteiger partial charge in [-0.15, -0.1) is 0 Å². The van der Waals surface area contributed by atoms with Crippen LogP contribution in [0.25, 0.3) is 0 Å². The van der Waals surface area contributed by atoms with E-state index in [1.807, 2.05) is 12.3 Å². The largest absolute Gasteiger partial charge is 0.331 e. The van der Waals surface area contributed by atoms with Crippen molar-refractivity contribution in [3.05, 3.63) is 59.2 Å². The minimum atomic E-state index is -0.157. The molecule has 0 radical (unpaired) electrons. The molecule has 0 saturated carbocycles. The Bertz CT molecular complexity index is 844. The lowest BCUT2D eigenvalue weighted by molar-refractivity contribution is 0.246. The van der Waals surface area contributed by atoms with E-state index in [1.165, 1.54) is 16.7 Å². The normalized spacial score (nSPS) is 18.9. The lowest BCUT2D eigenvalue weighted by Gasteiger charge is -2.30. The Hall–Kier alpha value is -2.14. The molecule has 2 aromatic rings. The zero-order valence-electron chi connectivity index (χ0n) is 17.4. The highest BCUT2D eigenvalue weighted by Gasteiger charge is 2.25. The fourth-order valence-corrected chi connectivity index (χ4v) is 4.14. The molecular formula is C23H31N3OS. The number of carbonyl (C=O) groups excluding carboxylic acids is 1. The first-order valence-corrected chi connectivity index (χ1v) is 11.1. The Labute approximate surface area is 173 Å². The average molecular weight is 398 g/mol. The summed E-state index contributed by atoms with van der Waals surface area (Å²) in [4.78, 5) is 12.8. The van der Waals surface area contributed by atoms with Crippen LogP contribution >= 0.6 is 11.9 Å². The summed E-state index contributed by atoms with van der Waals surface area (Å²) in [5.74, 6) is 0.543. The third-order valence-electron chi connectivity index (χ3n) is 5.37. The van der Waals surface area contributed by atoms with E-state index < -0.39 is 0 Å². The minimum Gasteiger partial charge on any atom is -0.331 e. The van der Waals surface area contributed by atoms with Crippen LogP contribution in [0, 0.1) is 0 Å². The summed E-state index contributed by atoms with van der Waals surface area (Å²) in [7, 11) is 0. The van der Waals surface area contributed by atoms with Gasteiger partial charge in [0.1, 0.15) is 0 Å².